The number of rotatable bonds is 5. The molecule has 0 unspecified atom stereocenters. The molecule has 0 aliphatic carbocycles. The normalized spacial score (nSPS) is 10.5. The number of nitrogens with one attached hydrogen (secondary N) is 2. The summed E-state index contributed by atoms with van der Waals surface area (Å²) in [4.78, 5) is 10.9. The summed E-state index contributed by atoms with van der Waals surface area (Å²) in [6.07, 6.45) is 0. The largest absolute Gasteiger partial charge is 0.433 e. The Balaban J connectivity index is 2.46. The van der Waals surface area contributed by atoms with Crippen molar-refractivity contribution >= 4 is 22.4 Å². The number of benzene rings is 2. The first-order chi connectivity index (χ1) is 9.99. The van der Waals surface area contributed by atoms with Gasteiger partial charge in [-0.2, -0.15) is 8.78 Å². The molecule has 0 spiro atoms. The van der Waals surface area contributed by atoms with Crippen molar-refractivity contribution in [3.63, 3.8) is 0 Å². The number of fused-ring (bicyclic) bond motifs is 1. The average Bonchev–Trinajstić information content (AvgIpc) is 2.44. The second-order valence-electron chi connectivity index (χ2n) is 4.33. The maximum Gasteiger partial charge on any atom is 0.387 e. The second-order valence-corrected chi connectivity index (χ2v) is 4.33. The van der Waals surface area contributed by atoms with Gasteiger partial charge in [-0.15, -0.1) is 0 Å². The van der Waals surface area contributed by atoms with Gasteiger partial charge in [0.05, 0.1) is 5.70 Å². The summed E-state index contributed by atoms with van der Waals surface area (Å²) in [6.45, 7) is 2.08. The molecular weight excluding hydrogens is 278 g/mol. The molecule has 6 heteroatoms. The minimum absolute atomic E-state index is 0.0194. The first kappa shape index (κ1) is 14.8. The number of hydrazine groups is 1. The minimum atomic E-state index is -2.96. The van der Waals surface area contributed by atoms with Gasteiger partial charge in [-0.25, -0.2) is 0 Å². The third-order valence-corrected chi connectivity index (χ3v) is 2.80. The van der Waals surface area contributed by atoms with E-state index in [4.69, 9.17) is 0 Å². The molecular formula is C15H14F2N2O2. The molecule has 0 saturated heterocycles. The fourth-order valence-electron chi connectivity index (χ4n) is 1.93. The van der Waals surface area contributed by atoms with E-state index in [1.807, 2.05) is 0 Å². The van der Waals surface area contributed by atoms with Crippen molar-refractivity contribution in [3.8, 4) is 5.75 Å². The molecule has 0 heterocycles. The van der Waals surface area contributed by atoms with Gasteiger partial charge in [-0.3, -0.25) is 15.6 Å². The lowest BCUT2D eigenvalue weighted by atomic mass is 10.0. The molecule has 0 aliphatic heterocycles. The maximum absolute atomic E-state index is 12.7. The molecule has 0 fully saturated rings. The number of carbonyl (C=O) groups excluding carboxylic acids is 1. The zero-order valence-electron chi connectivity index (χ0n) is 11.3. The third kappa shape index (κ3) is 3.47. The molecule has 0 aliphatic rings. The van der Waals surface area contributed by atoms with Crippen LogP contribution in [0.5, 0.6) is 5.75 Å². The quantitative estimate of drug-likeness (QED) is 0.833. The smallest absolute Gasteiger partial charge is 0.387 e. The van der Waals surface area contributed by atoms with Crippen LogP contribution in [0.4, 0.5) is 8.78 Å². The molecule has 2 aromatic rings. The highest BCUT2D eigenvalue weighted by Gasteiger charge is 2.15. The highest BCUT2D eigenvalue weighted by Crippen LogP contribution is 2.33. The van der Waals surface area contributed by atoms with Gasteiger partial charge in [0, 0.05) is 17.9 Å². The summed E-state index contributed by atoms with van der Waals surface area (Å²) in [5.74, 6) is -0.306. The monoisotopic (exact) mass is 292 g/mol. The summed E-state index contributed by atoms with van der Waals surface area (Å²) >= 11 is 0. The second kappa shape index (κ2) is 6.21. The van der Waals surface area contributed by atoms with E-state index in [0.717, 1.165) is 5.39 Å². The van der Waals surface area contributed by atoms with Crippen LogP contribution in [-0.2, 0) is 4.79 Å². The van der Waals surface area contributed by atoms with Crippen LogP contribution in [-0.4, -0.2) is 12.5 Å². The molecule has 0 bridgehead atoms. The topological polar surface area (TPSA) is 50.4 Å². The van der Waals surface area contributed by atoms with Gasteiger partial charge >= 0.3 is 6.61 Å². The molecule has 4 nitrogen and oxygen atoms in total. The van der Waals surface area contributed by atoms with Crippen LogP contribution < -0.4 is 15.6 Å². The summed E-state index contributed by atoms with van der Waals surface area (Å²) in [6, 6.07) is 10.4. The van der Waals surface area contributed by atoms with Crippen LogP contribution in [0.3, 0.4) is 0 Å². The van der Waals surface area contributed by atoms with Crippen LogP contribution in [0.25, 0.3) is 16.5 Å². The molecule has 0 atom stereocenters. The molecule has 0 aromatic heterocycles. The first-order valence-corrected chi connectivity index (χ1v) is 6.17. The van der Waals surface area contributed by atoms with Crippen molar-refractivity contribution in [3.05, 3.63) is 48.5 Å². The molecule has 2 rings (SSSR count). The van der Waals surface area contributed by atoms with Crippen molar-refractivity contribution in [2.45, 2.75) is 13.5 Å². The Morgan fingerprint density at radius 2 is 1.90 bits per heavy atom. The van der Waals surface area contributed by atoms with E-state index in [9.17, 15) is 13.6 Å². The van der Waals surface area contributed by atoms with Crippen molar-refractivity contribution in [1.82, 2.24) is 10.9 Å². The first-order valence-electron chi connectivity index (χ1n) is 6.17. The molecule has 2 N–H and O–H groups in total. The highest BCUT2D eigenvalue weighted by atomic mass is 19.3. The van der Waals surface area contributed by atoms with E-state index in [1.165, 1.54) is 6.92 Å². The predicted molar refractivity (Wildman–Crippen MR) is 76.6 cm³/mol. The molecule has 110 valence electrons. The van der Waals surface area contributed by atoms with Gasteiger partial charge < -0.3 is 4.74 Å². The zero-order valence-corrected chi connectivity index (χ0v) is 11.3. The van der Waals surface area contributed by atoms with E-state index in [0.29, 0.717) is 10.9 Å². The Kier molecular flexibility index (Phi) is 4.37. The van der Waals surface area contributed by atoms with Gasteiger partial charge in [0.1, 0.15) is 5.75 Å². The molecule has 0 saturated carbocycles. The van der Waals surface area contributed by atoms with Gasteiger partial charge in [0.15, 0.2) is 0 Å². The third-order valence-electron chi connectivity index (χ3n) is 2.80. The highest BCUT2D eigenvalue weighted by molar-refractivity contribution is 5.93. The van der Waals surface area contributed by atoms with Gasteiger partial charge in [0.25, 0.3) is 0 Å². The number of hydrogen-bond donors (Lipinski definition) is 2. The summed E-state index contributed by atoms with van der Waals surface area (Å²) in [5.41, 5.74) is 5.50. The minimum Gasteiger partial charge on any atom is -0.433 e. The van der Waals surface area contributed by atoms with Crippen LogP contribution in [0.2, 0.25) is 0 Å². The van der Waals surface area contributed by atoms with E-state index < -0.39 is 6.61 Å². The molecule has 2 aromatic carbocycles. The van der Waals surface area contributed by atoms with Crippen molar-refractivity contribution in [1.29, 1.82) is 0 Å². The van der Waals surface area contributed by atoms with Crippen molar-refractivity contribution < 1.29 is 18.3 Å². The predicted octanol–water partition coefficient (Wildman–Crippen LogP) is 3.05. The average molecular weight is 292 g/mol. The summed E-state index contributed by atoms with van der Waals surface area (Å²) < 4.78 is 30.0. The van der Waals surface area contributed by atoms with E-state index in [1.54, 1.807) is 36.4 Å². The molecule has 0 radical (unpaired) electrons. The maximum atomic E-state index is 12.7. The van der Waals surface area contributed by atoms with Crippen molar-refractivity contribution in [2.24, 2.45) is 0 Å². The number of hydrogen-bond acceptors (Lipinski definition) is 3. The summed E-state index contributed by atoms with van der Waals surface area (Å²) in [7, 11) is 0. The fourth-order valence-corrected chi connectivity index (χ4v) is 1.93. The van der Waals surface area contributed by atoms with Gasteiger partial charge in [0.2, 0.25) is 5.91 Å². The van der Waals surface area contributed by atoms with Gasteiger partial charge in [-0.1, -0.05) is 36.9 Å². The van der Waals surface area contributed by atoms with Crippen LogP contribution >= 0.6 is 0 Å². The lowest BCUT2D eigenvalue weighted by molar-refractivity contribution is -0.119. The standard InChI is InChI=1S/C15H14F2N2O2/c1-9(18-19-10(2)20)12-8-7-11-5-3-4-6-13(11)14(12)21-15(16)17/h3-8,15,18H,1H2,2H3,(H,19,20). The number of halogens is 2. The van der Waals surface area contributed by atoms with Gasteiger partial charge in [-0.05, 0) is 11.5 Å². The Morgan fingerprint density at radius 1 is 1.19 bits per heavy atom. The number of amides is 1. The van der Waals surface area contributed by atoms with Crippen molar-refractivity contribution in [2.75, 3.05) is 0 Å². The Bertz CT molecular complexity index is 686. The SMILES string of the molecule is C=C(NNC(C)=O)c1ccc2ccccc2c1OC(F)F. The van der Waals surface area contributed by atoms with Crippen LogP contribution in [0, 0.1) is 0 Å². The van der Waals surface area contributed by atoms with Crippen LogP contribution in [0.15, 0.2) is 43.0 Å². The van der Waals surface area contributed by atoms with Crippen LogP contribution in [0.1, 0.15) is 12.5 Å². The molecule has 21 heavy (non-hydrogen) atoms. The lowest BCUT2D eigenvalue weighted by Gasteiger charge is -2.16. The van der Waals surface area contributed by atoms with E-state index in [2.05, 4.69) is 22.2 Å². The number of ether oxygens (including phenoxy) is 1. The number of alkyl halides is 2. The Hall–Kier alpha value is -2.63. The van der Waals surface area contributed by atoms with E-state index >= 15 is 0 Å². The Labute approximate surface area is 120 Å². The Morgan fingerprint density at radius 3 is 2.57 bits per heavy atom. The van der Waals surface area contributed by atoms with E-state index in [-0.39, 0.29) is 17.4 Å². The fraction of sp³-hybridized carbons (Fsp3) is 0.133. The lowest BCUT2D eigenvalue weighted by Crippen LogP contribution is -2.34. The number of carbonyl (C=O) groups is 1. The zero-order chi connectivity index (χ0) is 15.4. The molecule has 1 amide bonds. The summed E-state index contributed by atoms with van der Waals surface area (Å²) in [5, 5.41) is 1.31.